The second-order valence-electron chi connectivity index (χ2n) is 7.44. The van der Waals surface area contributed by atoms with Crippen molar-refractivity contribution in [3.8, 4) is 0 Å². The van der Waals surface area contributed by atoms with Crippen molar-refractivity contribution >= 4 is 23.9 Å². The molecule has 0 aromatic rings. The topological polar surface area (TPSA) is 137 Å². The molecule has 0 saturated carbocycles. The number of unbranched alkanes of at least 4 members (excludes halogenated alkanes) is 9. The molecule has 4 N–H and O–H groups in total. The van der Waals surface area contributed by atoms with Crippen LogP contribution in [0.25, 0.3) is 0 Å². The van der Waals surface area contributed by atoms with Crippen LogP contribution in [0.1, 0.15) is 84.5 Å². The highest BCUT2D eigenvalue weighted by molar-refractivity contribution is 5.92. The van der Waals surface area contributed by atoms with Crippen LogP contribution in [0, 0.1) is 0 Å². The van der Waals surface area contributed by atoms with Crippen molar-refractivity contribution in [3.05, 3.63) is 0 Å². The largest absolute Gasteiger partial charge is 0.467 e. The zero-order valence-corrected chi connectivity index (χ0v) is 18.7. The number of alkyl carbamates (subject to hydrolysis) is 1. The Morgan fingerprint density at radius 1 is 0.867 bits per heavy atom. The molecule has 0 aliphatic rings. The number of hydrogen-bond acceptors (Lipinski definition) is 6. The average molecular weight is 430 g/mol. The van der Waals surface area contributed by atoms with E-state index in [-0.39, 0.29) is 6.61 Å². The van der Waals surface area contributed by atoms with E-state index in [1.54, 1.807) is 0 Å². The molecule has 0 unspecified atom stereocenters. The molecule has 2 atom stereocenters. The molecular formula is C21H39N3O6. The van der Waals surface area contributed by atoms with Crippen molar-refractivity contribution in [1.82, 2.24) is 10.6 Å². The molecular weight excluding hydrogens is 390 g/mol. The first-order valence-corrected chi connectivity index (χ1v) is 10.9. The first-order chi connectivity index (χ1) is 14.3. The van der Waals surface area contributed by atoms with Gasteiger partial charge in [0.05, 0.1) is 20.1 Å². The number of nitrogens with one attached hydrogen (secondary N) is 2. The highest BCUT2D eigenvalue weighted by atomic mass is 16.5. The summed E-state index contributed by atoms with van der Waals surface area (Å²) < 4.78 is 9.60. The summed E-state index contributed by atoms with van der Waals surface area (Å²) in [6.45, 7) is 3.86. The third kappa shape index (κ3) is 14.6. The van der Waals surface area contributed by atoms with Gasteiger partial charge in [-0.3, -0.25) is 9.59 Å². The summed E-state index contributed by atoms with van der Waals surface area (Å²) in [5.41, 5.74) is 5.13. The Morgan fingerprint density at radius 2 is 1.40 bits per heavy atom. The highest BCUT2D eigenvalue weighted by Gasteiger charge is 2.26. The lowest BCUT2D eigenvalue weighted by atomic mass is 10.1. The van der Waals surface area contributed by atoms with E-state index < -0.39 is 42.4 Å². The van der Waals surface area contributed by atoms with Gasteiger partial charge in [-0.05, 0) is 13.3 Å². The third-order valence-corrected chi connectivity index (χ3v) is 4.66. The Bertz CT molecular complexity index is 527. The zero-order chi connectivity index (χ0) is 22.8. The molecule has 0 saturated heterocycles. The number of ether oxygens (including phenoxy) is 2. The maximum absolute atomic E-state index is 12.2. The maximum Gasteiger partial charge on any atom is 0.407 e. The number of esters is 1. The molecule has 9 heteroatoms. The van der Waals surface area contributed by atoms with Crippen LogP contribution in [0.5, 0.6) is 0 Å². The van der Waals surface area contributed by atoms with Crippen molar-refractivity contribution in [2.45, 2.75) is 96.6 Å². The van der Waals surface area contributed by atoms with Crippen LogP contribution in [0.3, 0.4) is 0 Å². The van der Waals surface area contributed by atoms with Crippen LogP contribution in [0.15, 0.2) is 0 Å². The summed E-state index contributed by atoms with van der Waals surface area (Å²) in [4.78, 5) is 46.7. The number of nitrogens with two attached hydrogens (primary N) is 1. The van der Waals surface area contributed by atoms with Gasteiger partial charge < -0.3 is 25.8 Å². The van der Waals surface area contributed by atoms with Crippen LogP contribution < -0.4 is 16.4 Å². The molecule has 9 nitrogen and oxygen atoms in total. The predicted octanol–water partition coefficient (Wildman–Crippen LogP) is 2.56. The standard InChI is InChI=1S/C21H39N3O6/c1-4-5-6-7-8-9-10-11-12-13-14-30-21(28)24-17(15-18(22)25)19(26)23-16(2)20(27)29-3/h16-17H,4-15H2,1-3H3,(H2,22,25)(H,23,26)(H,24,28)/t16-,17+/m0/s1. The van der Waals surface area contributed by atoms with Gasteiger partial charge in [-0.2, -0.15) is 0 Å². The van der Waals surface area contributed by atoms with Gasteiger partial charge in [-0.15, -0.1) is 0 Å². The molecule has 0 aliphatic heterocycles. The number of primary amides is 1. The second-order valence-corrected chi connectivity index (χ2v) is 7.44. The number of rotatable bonds is 17. The Hall–Kier alpha value is -2.32. The van der Waals surface area contributed by atoms with Crippen molar-refractivity contribution in [2.75, 3.05) is 13.7 Å². The van der Waals surface area contributed by atoms with E-state index >= 15 is 0 Å². The van der Waals surface area contributed by atoms with Gasteiger partial charge in [0.25, 0.3) is 0 Å². The number of amides is 3. The first kappa shape index (κ1) is 27.7. The lowest BCUT2D eigenvalue weighted by molar-refractivity contribution is -0.144. The number of hydrogen-bond donors (Lipinski definition) is 3. The third-order valence-electron chi connectivity index (χ3n) is 4.66. The van der Waals surface area contributed by atoms with Gasteiger partial charge in [0.1, 0.15) is 12.1 Å². The molecule has 0 rings (SSSR count). The van der Waals surface area contributed by atoms with Crippen molar-refractivity contribution in [1.29, 1.82) is 0 Å². The summed E-state index contributed by atoms with van der Waals surface area (Å²) in [7, 11) is 1.19. The Balaban J connectivity index is 4.07. The summed E-state index contributed by atoms with van der Waals surface area (Å²) in [6, 6.07) is -2.16. The minimum absolute atomic E-state index is 0.228. The molecule has 0 heterocycles. The monoisotopic (exact) mass is 429 g/mol. The fourth-order valence-corrected chi connectivity index (χ4v) is 2.90. The molecule has 0 aromatic heterocycles. The van der Waals surface area contributed by atoms with E-state index in [9.17, 15) is 19.2 Å². The lowest BCUT2D eigenvalue weighted by Crippen LogP contribution is -2.52. The fraction of sp³-hybridized carbons (Fsp3) is 0.810. The molecule has 0 aliphatic carbocycles. The van der Waals surface area contributed by atoms with Gasteiger partial charge in [-0.1, -0.05) is 64.7 Å². The normalized spacial score (nSPS) is 12.5. The van der Waals surface area contributed by atoms with Crippen LogP contribution in [-0.2, 0) is 23.9 Å². The second kappa shape index (κ2) is 17.5. The molecule has 0 radical (unpaired) electrons. The van der Waals surface area contributed by atoms with Gasteiger partial charge in [0, 0.05) is 0 Å². The maximum atomic E-state index is 12.2. The van der Waals surface area contributed by atoms with E-state index in [2.05, 4.69) is 22.3 Å². The first-order valence-electron chi connectivity index (χ1n) is 10.9. The molecule has 3 amide bonds. The molecule has 0 aromatic carbocycles. The Morgan fingerprint density at radius 3 is 1.90 bits per heavy atom. The van der Waals surface area contributed by atoms with Crippen LogP contribution >= 0.6 is 0 Å². The molecule has 0 fully saturated rings. The summed E-state index contributed by atoms with van der Waals surface area (Å²) in [5, 5.41) is 4.68. The van der Waals surface area contributed by atoms with Crippen molar-refractivity contribution < 1.29 is 28.7 Å². The minimum atomic E-state index is -1.23. The van der Waals surface area contributed by atoms with Gasteiger partial charge in [0.2, 0.25) is 11.8 Å². The molecule has 0 bridgehead atoms. The predicted molar refractivity (Wildman–Crippen MR) is 114 cm³/mol. The van der Waals surface area contributed by atoms with Crippen LogP contribution in [-0.4, -0.2) is 49.7 Å². The van der Waals surface area contributed by atoms with E-state index in [4.69, 9.17) is 10.5 Å². The summed E-state index contributed by atoms with van der Waals surface area (Å²) >= 11 is 0. The lowest BCUT2D eigenvalue weighted by Gasteiger charge is -2.19. The fourth-order valence-electron chi connectivity index (χ4n) is 2.90. The number of carbonyl (C=O) groups excluding carboxylic acids is 4. The van der Waals surface area contributed by atoms with Crippen LogP contribution in [0.2, 0.25) is 0 Å². The smallest absolute Gasteiger partial charge is 0.407 e. The zero-order valence-electron chi connectivity index (χ0n) is 18.7. The summed E-state index contributed by atoms with van der Waals surface area (Å²) in [6.07, 6.45) is 10.4. The molecule has 0 spiro atoms. The van der Waals surface area contributed by atoms with E-state index in [1.165, 1.54) is 59.0 Å². The van der Waals surface area contributed by atoms with E-state index in [1.807, 2.05) is 0 Å². The quantitative estimate of drug-likeness (QED) is 0.240. The Labute approximate surface area is 179 Å². The minimum Gasteiger partial charge on any atom is -0.467 e. The van der Waals surface area contributed by atoms with Gasteiger partial charge in [-0.25, -0.2) is 9.59 Å². The van der Waals surface area contributed by atoms with Crippen molar-refractivity contribution in [2.24, 2.45) is 5.73 Å². The number of carbonyl (C=O) groups is 4. The highest BCUT2D eigenvalue weighted by Crippen LogP contribution is 2.10. The molecule has 174 valence electrons. The van der Waals surface area contributed by atoms with Gasteiger partial charge >= 0.3 is 12.1 Å². The average Bonchev–Trinajstić information content (AvgIpc) is 2.70. The Kier molecular flexibility index (Phi) is 16.2. The van der Waals surface area contributed by atoms with E-state index in [0.29, 0.717) is 0 Å². The SMILES string of the molecule is CCCCCCCCCCCCOC(=O)N[C@H](CC(N)=O)C(=O)N[C@@H](C)C(=O)OC. The van der Waals surface area contributed by atoms with Crippen LogP contribution in [0.4, 0.5) is 4.79 Å². The van der Waals surface area contributed by atoms with E-state index in [0.717, 1.165) is 19.3 Å². The summed E-state index contributed by atoms with van der Waals surface area (Å²) in [5.74, 6) is -2.14. The van der Waals surface area contributed by atoms with Crippen molar-refractivity contribution in [3.63, 3.8) is 0 Å². The van der Waals surface area contributed by atoms with Gasteiger partial charge in [0.15, 0.2) is 0 Å². The number of methoxy groups -OCH3 is 1. The molecule has 30 heavy (non-hydrogen) atoms.